The van der Waals surface area contributed by atoms with E-state index in [0.717, 1.165) is 10.0 Å². The number of rotatable bonds is 5. The van der Waals surface area contributed by atoms with Crippen LogP contribution in [-0.2, 0) is 14.3 Å². The van der Waals surface area contributed by atoms with Crippen LogP contribution in [0.1, 0.15) is 19.0 Å². The standard InChI is InChI=1S/C10H14N2O3S2/c1-4-15-9(14)5-8(13)11-12-7(2)6-17-10(12)16-3/h6H,4-5H2,1-3H3/p+1. The second-order valence-electron chi connectivity index (χ2n) is 3.20. The summed E-state index contributed by atoms with van der Waals surface area (Å²) in [5.41, 5.74) is 3.59. The fourth-order valence-electron chi connectivity index (χ4n) is 1.17. The predicted molar refractivity (Wildman–Crippen MR) is 66.6 cm³/mol. The highest BCUT2D eigenvalue weighted by Crippen LogP contribution is 2.16. The minimum absolute atomic E-state index is 0.260. The molecule has 0 aliphatic rings. The Morgan fingerprint density at radius 2 is 2.29 bits per heavy atom. The maximum absolute atomic E-state index is 11.6. The molecule has 0 aliphatic carbocycles. The predicted octanol–water partition coefficient (Wildman–Crippen LogP) is 1.09. The normalized spacial score (nSPS) is 10.1. The minimum atomic E-state index is -0.510. The van der Waals surface area contributed by atoms with Gasteiger partial charge in [0.1, 0.15) is 6.42 Å². The van der Waals surface area contributed by atoms with Gasteiger partial charge in [0, 0.05) is 6.92 Å². The number of carbonyl (C=O) groups is 2. The van der Waals surface area contributed by atoms with Crippen LogP contribution in [0, 0.1) is 6.92 Å². The Kier molecular flexibility index (Phi) is 5.43. The van der Waals surface area contributed by atoms with Crippen molar-refractivity contribution in [3.05, 3.63) is 11.1 Å². The van der Waals surface area contributed by atoms with E-state index >= 15 is 0 Å². The molecule has 0 fully saturated rings. The number of ether oxygens (including phenoxy) is 1. The summed E-state index contributed by atoms with van der Waals surface area (Å²) < 4.78 is 7.34. The Balaban J connectivity index is 2.61. The van der Waals surface area contributed by atoms with Crippen LogP contribution in [0.4, 0.5) is 0 Å². The van der Waals surface area contributed by atoms with Gasteiger partial charge < -0.3 is 4.74 Å². The van der Waals surface area contributed by atoms with Gasteiger partial charge in [0.2, 0.25) is 5.69 Å². The molecule has 0 unspecified atom stereocenters. The number of hydrogen-bond acceptors (Lipinski definition) is 5. The van der Waals surface area contributed by atoms with Crippen LogP contribution >= 0.6 is 23.1 Å². The molecule has 5 nitrogen and oxygen atoms in total. The number of aryl methyl sites for hydroxylation is 1. The number of thiazole rings is 1. The lowest BCUT2D eigenvalue weighted by Gasteiger charge is -2.01. The van der Waals surface area contributed by atoms with Crippen molar-refractivity contribution in [3.63, 3.8) is 0 Å². The first-order chi connectivity index (χ1) is 8.08. The van der Waals surface area contributed by atoms with Crippen molar-refractivity contribution in [2.24, 2.45) is 0 Å². The van der Waals surface area contributed by atoms with Crippen molar-refractivity contribution in [1.29, 1.82) is 0 Å². The summed E-state index contributed by atoms with van der Waals surface area (Å²) in [6.45, 7) is 3.88. The number of thioether (sulfide) groups is 1. The second-order valence-corrected chi connectivity index (χ2v) is 5.11. The van der Waals surface area contributed by atoms with E-state index in [2.05, 4.69) is 5.43 Å². The van der Waals surface area contributed by atoms with E-state index in [-0.39, 0.29) is 18.9 Å². The van der Waals surface area contributed by atoms with Crippen LogP contribution in [-0.4, -0.2) is 24.7 Å². The lowest BCUT2D eigenvalue weighted by Crippen LogP contribution is -2.50. The zero-order valence-corrected chi connectivity index (χ0v) is 11.6. The van der Waals surface area contributed by atoms with Crippen LogP contribution < -0.4 is 10.1 Å². The monoisotopic (exact) mass is 275 g/mol. The summed E-state index contributed by atoms with van der Waals surface area (Å²) >= 11 is 3.08. The molecule has 1 amide bonds. The van der Waals surface area contributed by atoms with E-state index in [0.29, 0.717) is 0 Å². The molecule has 0 radical (unpaired) electrons. The fraction of sp³-hybridized carbons (Fsp3) is 0.500. The molecule has 0 saturated heterocycles. The Morgan fingerprint density at radius 1 is 1.59 bits per heavy atom. The average Bonchev–Trinajstić information content (AvgIpc) is 2.60. The van der Waals surface area contributed by atoms with Gasteiger partial charge in [-0.1, -0.05) is 16.0 Å². The zero-order chi connectivity index (χ0) is 12.8. The maximum Gasteiger partial charge on any atom is 0.326 e. The van der Waals surface area contributed by atoms with E-state index in [4.69, 9.17) is 4.74 Å². The van der Waals surface area contributed by atoms with Gasteiger partial charge in [-0.15, -0.1) is 5.43 Å². The lowest BCUT2D eigenvalue weighted by atomic mass is 10.4. The van der Waals surface area contributed by atoms with Crippen molar-refractivity contribution in [2.45, 2.75) is 24.6 Å². The Bertz CT molecular complexity index is 418. The Labute approximate surface area is 108 Å². The Hall–Kier alpha value is -1.08. The maximum atomic E-state index is 11.6. The topological polar surface area (TPSA) is 59.3 Å². The summed E-state index contributed by atoms with van der Waals surface area (Å²) in [4.78, 5) is 22.7. The van der Waals surface area contributed by atoms with Crippen molar-refractivity contribution in [1.82, 2.24) is 0 Å². The third-order valence-corrected chi connectivity index (χ3v) is 4.05. The molecule has 1 aromatic heterocycles. The summed E-state index contributed by atoms with van der Waals surface area (Å²) in [5.74, 6) is -0.880. The van der Waals surface area contributed by atoms with Crippen LogP contribution in [0.5, 0.6) is 0 Å². The second kappa shape index (κ2) is 6.61. The first-order valence-corrected chi connectivity index (χ1v) is 7.18. The van der Waals surface area contributed by atoms with Gasteiger partial charge >= 0.3 is 10.3 Å². The molecular weight excluding hydrogens is 260 g/mol. The summed E-state index contributed by atoms with van der Waals surface area (Å²) in [6.07, 6.45) is 1.67. The minimum Gasteiger partial charge on any atom is -0.466 e. The Morgan fingerprint density at radius 3 is 2.88 bits per heavy atom. The quantitative estimate of drug-likeness (QED) is 0.378. The number of aromatic nitrogens is 1. The molecule has 1 rings (SSSR count). The van der Waals surface area contributed by atoms with Gasteiger partial charge in [-0.3, -0.25) is 9.59 Å². The third kappa shape index (κ3) is 4.01. The first kappa shape index (κ1) is 14.0. The van der Waals surface area contributed by atoms with Gasteiger partial charge in [-0.25, -0.2) is 0 Å². The van der Waals surface area contributed by atoms with E-state index in [1.54, 1.807) is 22.9 Å². The van der Waals surface area contributed by atoms with Crippen molar-refractivity contribution in [3.8, 4) is 0 Å². The molecule has 0 atom stereocenters. The number of nitrogens with zero attached hydrogens (tertiary/aromatic N) is 1. The summed E-state index contributed by atoms with van der Waals surface area (Å²) in [7, 11) is 0. The highest BCUT2D eigenvalue weighted by atomic mass is 32.2. The first-order valence-electron chi connectivity index (χ1n) is 5.08. The molecule has 1 aromatic rings. The largest absolute Gasteiger partial charge is 0.466 e. The fourth-order valence-corrected chi connectivity index (χ4v) is 2.74. The van der Waals surface area contributed by atoms with Crippen LogP contribution in [0.2, 0.25) is 0 Å². The third-order valence-electron chi connectivity index (χ3n) is 1.89. The lowest BCUT2D eigenvalue weighted by molar-refractivity contribution is -0.679. The van der Waals surface area contributed by atoms with E-state index in [1.807, 2.05) is 18.6 Å². The smallest absolute Gasteiger partial charge is 0.326 e. The van der Waals surface area contributed by atoms with Crippen molar-refractivity contribution < 1.29 is 19.0 Å². The molecule has 0 bridgehead atoms. The van der Waals surface area contributed by atoms with E-state index in [9.17, 15) is 9.59 Å². The molecule has 17 heavy (non-hydrogen) atoms. The van der Waals surface area contributed by atoms with Crippen molar-refractivity contribution >= 4 is 35.0 Å². The molecule has 0 saturated carbocycles. The number of carbonyl (C=O) groups excluding carboxylic acids is 2. The molecule has 1 heterocycles. The van der Waals surface area contributed by atoms with Gasteiger partial charge in [0.25, 0.3) is 5.91 Å². The van der Waals surface area contributed by atoms with Gasteiger partial charge in [-0.05, 0) is 24.9 Å². The van der Waals surface area contributed by atoms with Gasteiger partial charge in [0.15, 0.2) is 0 Å². The SMILES string of the molecule is CCOC(=O)CC(=O)N[n+]1c(C)csc1SC. The van der Waals surface area contributed by atoms with E-state index in [1.165, 1.54) is 11.8 Å². The van der Waals surface area contributed by atoms with Crippen LogP contribution in [0.25, 0.3) is 0 Å². The molecule has 94 valence electrons. The molecule has 7 heteroatoms. The van der Waals surface area contributed by atoms with E-state index < -0.39 is 5.97 Å². The molecule has 0 aliphatic heterocycles. The van der Waals surface area contributed by atoms with Gasteiger partial charge in [-0.2, -0.15) is 0 Å². The van der Waals surface area contributed by atoms with Gasteiger partial charge in [0.05, 0.1) is 12.0 Å². The molecule has 0 spiro atoms. The zero-order valence-electron chi connectivity index (χ0n) is 9.98. The van der Waals surface area contributed by atoms with Crippen LogP contribution in [0.3, 0.4) is 0 Å². The average molecular weight is 275 g/mol. The summed E-state index contributed by atoms with van der Waals surface area (Å²) in [6, 6.07) is 0. The highest BCUT2D eigenvalue weighted by Gasteiger charge is 2.21. The van der Waals surface area contributed by atoms with Crippen LogP contribution in [0.15, 0.2) is 9.72 Å². The number of nitrogens with one attached hydrogen (secondary N) is 1. The highest BCUT2D eigenvalue weighted by molar-refractivity contribution is 8.00. The summed E-state index contributed by atoms with van der Waals surface area (Å²) in [5, 5.41) is 1.94. The molecule has 0 aromatic carbocycles. The molecule has 1 N–H and O–H groups in total. The number of esters is 1. The molecular formula is C10H15N2O3S2+. The number of hydrogen-bond donors (Lipinski definition) is 1. The van der Waals surface area contributed by atoms with Crippen molar-refractivity contribution in [2.75, 3.05) is 18.3 Å². The number of amides is 1.